The molecule has 92 valence electrons. The topological polar surface area (TPSA) is 83.8 Å². The predicted octanol–water partition coefficient (Wildman–Crippen LogP) is 2.94. The lowest BCUT2D eigenvalue weighted by atomic mass is 10.2. The maximum Gasteiger partial charge on any atom is 0.345 e. The summed E-state index contributed by atoms with van der Waals surface area (Å²) in [5, 5.41) is 17.9. The van der Waals surface area contributed by atoms with Crippen LogP contribution in [0.4, 0.5) is 0 Å². The minimum Gasteiger partial charge on any atom is -0.478 e. The Hall–Kier alpha value is -2.34. The molecule has 2 aromatic rings. The highest BCUT2D eigenvalue weighted by atomic mass is 32.1. The smallest absolute Gasteiger partial charge is 0.345 e. The van der Waals surface area contributed by atoms with E-state index in [1.807, 2.05) is 0 Å². The van der Waals surface area contributed by atoms with Crippen LogP contribution in [0.15, 0.2) is 36.4 Å². The lowest BCUT2D eigenvalue weighted by Gasteiger charge is -2.02. The maximum atomic E-state index is 10.7. The van der Waals surface area contributed by atoms with E-state index in [1.165, 1.54) is 30.3 Å². The summed E-state index contributed by atoms with van der Waals surface area (Å²) in [5.41, 5.74) is 0.166. The van der Waals surface area contributed by atoms with Crippen molar-refractivity contribution in [3.8, 4) is 10.8 Å². The molecule has 1 aromatic carbocycles. The van der Waals surface area contributed by atoms with E-state index < -0.39 is 11.9 Å². The summed E-state index contributed by atoms with van der Waals surface area (Å²) < 4.78 is 5.41. The molecule has 0 atom stereocenters. The number of hydrogen-bond acceptors (Lipinski definition) is 4. The highest BCUT2D eigenvalue weighted by Crippen LogP contribution is 2.29. The molecule has 0 bridgehead atoms. The van der Waals surface area contributed by atoms with Gasteiger partial charge in [-0.05, 0) is 36.4 Å². The zero-order valence-corrected chi connectivity index (χ0v) is 9.81. The largest absolute Gasteiger partial charge is 0.478 e. The Morgan fingerprint density at radius 3 is 2.11 bits per heavy atom. The van der Waals surface area contributed by atoms with Crippen molar-refractivity contribution in [1.29, 1.82) is 0 Å². The minimum absolute atomic E-state index is 0.166. The van der Waals surface area contributed by atoms with Crippen LogP contribution < -0.4 is 4.74 Å². The zero-order chi connectivity index (χ0) is 13.1. The molecule has 1 heterocycles. The molecule has 0 amide bonds. The van der Waals surface area contributed by atoms with Crippen LogP contribution in [0, 0.1) is 0 Å². The van der Waals surface area contributed by atoms with E-state index in [-0.39, 0.29) is 10.4 Å². The summed E-state index contributed by atoms with van der Waals surface area (Å²) in [4.78, 5) is 21.5. The van der Waals surface area contributed by atoms with Crippen LogP contribution in [0.2, 0.25) is 0 Å². The van der Waals surface area contributed by atoms with E-state index in [2.05, 4.69) is 0 Å². The molecule has 0 aliphatic heterocycles. The second-order valence-corrected chi connectivity index (χ2v) is 4.40. The van der Waals surface area contributed by atoms with Crippen LogP contribution >= 0.6 is 11.3 Å². The molecule has 0 saturated carbocycles. The maximum absolute atomic E-state index is 10.7. The average Bonchev–Trinajstić information content (AvgIpc) is 2.78. The Balaban J connectivity index is 2.13. The summed E-state index contributed by atoms with van der Waals surface area (Å²) in [6.45, 7) is 0. The molecule has 0 aliphatic rings. The van der Waals surface area contributed by atoms with Crippen LogP contribution in [-0.4, -0.2) is 22.2 Å². The monoisotopic (exact) mass is 264 g/mol. The number of rotatable bonds is 4. The fourth-order valence-corrected chi connectivity index (χ4v) is 1.99. The molecule has 0 aliphatic carbocycles. The van der Waals surface area contributed by atoms with Crippen molar-refractivity contribution in [2.24, 2.45) is 0 Å². The Morgan fingerprint density at radius 1 is 0.944 bits per heavy atom. The van der Waals surface area contributed by atoms with Gasteiger partial charge in [-0.3, -0.25) is 0 Å². The number of hydrogen-bond donors (Lipinski definition) is 2. The number of benzene rings is 1. The molecule has 5 nitrogen and oxygen atoms in total. The predicted molar refractivity (Wildman–Crippen MR) is 64.8 cm³/mol. The summed E-state index contributed by atoms with van der Waals surface area (Å²) in [6.07, 6.45) is 0. The number of ether oxygens (including phenoxy) is 1. The molecule has 2 N–H and O–H groups in total. The van der Waals surface area contributed by atoms with Crippen LogP contribution in [0.3, 0.4) is 0 Å². The summed E-state index contributed by atoms with van der Waals surface area (Å²) in [5.74, 6) is -1.55. The van der Waals surface area contributed by atoms with Gasteiger partial charge in [-0.25, -0.2) is 9.59 Å². The Labute approximate surface area is 106 Å². The van der Waals surface area contributed by atoms with Crippen molar-refractivity contribution in [3.63, 3.8) is 0 Å². The summed E-state index contributed by atoms with van der Waals surface area (Å²) in [7, 11) is 0. The van der Waals surface area contributed by atoms with Gasteiger partial charge in [0.05, 0.1) is 5.56 Å². The number of aromatic carboxylic acids is 2. The lowest BCUT2D eigenvalue weighted by Crippen LogP contribution is -1.94. The SMILES string of the molecule is O=C(O)c1ccc(Oc2ccc(C(=O)O)s2)cc1. The van der Waals surface area contributed by atoms with Gasteiger partial charge >= 0.3 is 11.9 Å². The zero-order valence-electron chi connectivity index (χ0n) is 8.99. The Bertz CT molecular complexity index is 585. The van der Waals surface area contributed by atoms with Crippen molar-refractivity contribution in [2.75, 3.05) is 0 Å². The third kappa shape index (κ3) is 2.67. The molecule has 0 fully saturated rings. The fraction of sp³-hybridized carbons (Fsp3) is 0. The van der Waals surface area contributed by atoms with Gasteiger partial charge in [0.1, 0.15) is 10.6 Å². The molecule has 0 unspecified atom stereocenters. The highest BCUT2D eigenvalue weighted by Gasteiger charge is 2.08. The molecule has 0 radical (unpaired) electrons. The number of carboxylic acids is 2. The van der Waals surface area contributed by atoms with Gasteiger partial charge in [0, 0.05) is 0 Å². The number of thiophene rings is 1. The molecule has 6 heteroatoms. The Morgan fingerprint density at radius 2 is 1.61 bits per heavy atom. The van der Waals surface area contributed by atoms with Gasteiger partial charge in [0.15, 0.2) is 5.06 Å². The highest BCUT2D eigenvalue weighted by molar-refractivity contribution is 7.15. The second kappa shape index (κ2) is 4.89. The fourth-order valence-electron chi connectivity index (χ4n) is 1.27. The van der Waals surface area contributed by atoms with Gasteiger partial charge < -0.3 is 14.9 Å². The minimum atomic E-state index is -1.01. The van der Waals surface area contributed by atoms with Crippen LogP contribution in [0.1, 0.15) is 20.0 Å². The average molecular weight is 264 g/mol. The molecular weight excluding hydrogens is 256 g/mol. The van der Waals surface area contributed by atoms with Crippen molar-refractivity contribution < 1.29 is 24.5 Å². The van der Waals surface area contributed by atoms with Gasteiger partial charge in [0.2, 0.25) is 0 Å². The van der Waals surface area contributed by atoms with Gasteiger partial charge in [-0.1, -0.05) is 11.3 Å². The van der Waals surface area contributed by atoms with Crippen molar-refractivity contribution in [1.82, 2.24) is 0 Å². The molecule has 18 heavy (non-hydrogen) atoms. The quantitative estimate of drug-likeness (QED) is 0.886. The van der Waals surface area contributed by atoms with E-state index in [0.717, 1.165) is 11.3 Å². The third-order valence-electron chi connectivity index (χ3n) is 2.11. The second-order valence-electron chi connectivity index (χ2n) is 3.36. The molecule has 0 spiro atoms. The van der Waals surface area contributed by atoms with Gasteiger partial charge in [-0.15, -0.1) is 0 Å². The van der Waals surface area contributed by atoms with Gasteiger partial charge in [-0.2, -0.15) is 0 Å². The Kier molecular flexibility index (Phi) is 3.29. The van der Waals surface area contributed by atoms with E-state index in [0.29, 0.717) is 10.8 Å². The molecule has 0 saturated heterocycles. The van der Waals surface area contributed by atoms with E-state index in [1.54, 1.807) is 6.07 Å². The van der Waals surface area contributed by atoms with Crippen molar-refractivity contribution in [2.45, 2.75) is 0 Å². The lowest BCUT2D eigenvalue weighted by molar-refractivity contribution is 0.0688. The standard InChI is InChI=1S/C12H8O5S/c13-11(14)7-1-3-8(4-2-7)17-10-6-5-9(18-10)12(15)16/h1-6H,(H,13,14)(H,15,16). The van der Waals surface area contributed by atoms with Crippen molar-refractivity contribution >= 4 is 23.3 Å². The van der Waals surface area contributed by atoms with Crippen LogP contribution in [0.25, 0.3) is 0 Å². The number of carboxylic acid groups (broad SMARTS) is 2. The van der Waals surface area contributed by atoms with Gasteiger partial charge in [0.25, 0.3) is 0 Å². The van der Waals surface area contributed by atoms with E-state index in [9.17, 15) is 9.59 Å². The molecular formula is C12H8O5S. The van der Waals surface area contributed by atoms with Crippen LogP contribution in [0.5, 0.6) is 10.8 Å². The third-order valence-corrected chi connectivity index (χ3v) is 3.06. The normalized spacial score (nSPS) is 10.0. The van der Waals surface area contributed by atoms with E-state index >= 15 is 0 Å². The first-order valence-corrected chi connectivity index (χ1v) is 5.72. The van der Waals surface area contributed by atoms with Crippen LogP contribution in [-0.2, 0) is 0 Å². The molecule has 2 rings (SSSR count). The van der Waals surface area contributed by atoms with Crippen molar-refractivity contribution in [3.05, 3.63) is 46.8 Å². The number of carbonyl (C=O) groups is 2. The first-order chi connectivity index (χ1) is 8.56. The summed E-state index contributed by atoms with van der Waals surface area (Å²) >= 11 is 1.01. The first-order valence-electron chi connectivity index (χ1n) is 4.90. The summed E-state index contributed by atoms with van der Waals surface area (Å²) in [6, 6.07) is 8.88. The first kappa shape index (κ1) is 12.1. The molecule has 1 aromatic heterocycles. The van der Waals surface area contributed by atoms with E-state index in [4.69, 9.17) is 14.9 Å².